The fourth-order valence-corrected chi connectivity index (χ4v) is 3.63. The summed E-state index contributed by atoms with van der Waals surface area (Å²) in [6.45, 7) is 7.56. The minimum Gasteiger partial charge on any atom is -0.312 e. The summed E-state index contributed by atoms with van der Waals surface area (Å²) in [5.74, 6) is 0.702. The van der Waals surface area contributed by atoms with Crippen LogP contribution < -0.4 is 5.32 Å². The van der Waals surface area contributed by atoms with Crippen LogP contribution >= 0.6 is 15.9 Å². The van der Waals surface area contributed by atoms with E-state index in [1.54, 1.807) is 0 Å². The summed E-state index contributed by atoms with van der Waals surface area (Å²) in [7, 11) is 2.26. The van der Waals surface area contributed by atoms with E-state index in [1.807, 2.05) is 0 Å². The Kier molecular flexibility index (Phi) is 6.72. The number of nitrogens with one attached hydrogen (secondary N) is 1. The van der Waals surface area contributed by atoms with Gasteiger partial charge >= 0.3 is 0 Å². The first-order valence-corrected chi connectivity index (χ1v) is 9.04. The van der Waals surface area contributed by atoms with Gasteiger partial charge in [0.2, 0.25) is 0 Å². The van der Waals surface area contributed by atoms with Gasteiger partial charge in [-0.25, -0.2) is 0 Å². The average molecular weight is 353 g/mol. The second-order valence-corrected chi connectivity index (χ2v) is 7.66. The molecule has 0 unspecified atom stereocenters. The standard InChI is InChI=1S/C18H29BrN2/c1-14(2)11-20-12-15-8-9-16(18(19)10-15)13-21(3)17-6-4-5-7-17/h8-10,14,17,20H,4-7,11-13H2,1-3H3. The Morgan fingerprint density at radius 2 is 2.00 bits per heavy atom. The van der Waals surface area contributed by atoms with Crippen molar-refractivity contribution in [1.29, 1.82) is 0 Å². The van der Waals surface area contributed by atoms with E-state index < -0.39 is 0 Å². The van der Waals surface area contributed by atoms with Crippen LogP contribution in [-0.2, 0) is 13.1 Å². The third-order valence-corrected chi connectivity index (χ3v) is 5.11. The molecular weight excluding hydrogens is 324 g/mol. The van der Waals surface area contributed by atoms with Gasteiger partial charge in [-0.3, -0.25) is 4.90 Å². The van der Waals surface area contributed by atoms with Gasteiger partial charge in [0.15, 0.2) is 0 Å². The first-order valence-electron chi connectivity index (χ1n) is 8.24. The van der Waals surface area contributed by atoms with Gasteiger partial charge in [0.05, 0.1) is 0 Å². The van der Waals surface area contributed by atoms with Crippen LogP contribution in [0, 0.1) is 5.92 Å². The van der Waals surface area contributed by atoms with Gasteiger partial charge in [0, 0.05) is 23.6 Å². The first-order chi connectivity index (χ1) is 10.1. The monoisotopic (exact) mass is 352 g/mol. The second-order valence-electron chi connectivity index (χ2n) is 6.80. The van der Waals surface area contributed by atoms with Crippen molar-refractivity contribution in [2.75, 3.05) is 13.6 Å². The van der Waals surface area contributed by atoms with Gasteiger partial charge < -0.3 is 5.32 Å². The molecule has 0 radical (unpaired) electrons. The van der Waals surface area contributed by atoms with Gasteiger partial charge in [0.1, 0.15) is 0 Å². The molecule has 1 fully saturated rings. The van der Waals surface area contributed by atoms with Crippen LogP contribution in [0.3, 0.4) is 0 Å². The number of hydrogen-bond acceptors (Lipinski definition) is 2. The van der Waals surface area contributed by atoms with Crippen molar-refractivity contribution in [3.8, 4) is 0 Å². The zero-order valence-corrected chi connectivity index (χ0v) is 15.2. The molecular formula is C18H29BrN2. The van der Waals surface area contributed by atoms with Gasteiger partial charge in [-0.2, -0.15) is 0 Å². The van der Waals surface area contributed by atoms with E-state index in [0.717, 1.165) is 25.7 Å². The number of benzene rings is 1. The molecule has 0 heterocycles. The van der Waals surface area contributed by atoms with Gasteiger partial charge in [-0.1, -0.05) is 54.8 Å². The van der Waals surface area contributed by atoms with Crippen molar-refractivity contribution < 1.29 is 0 Å². The lowest BCUT2D eigenvalue weighted by Crippen LogP contribution is -2.28. The quantitative estimate of drug-likeness (QED) is 0.773. The van der Waals surface area contributed by atoms with Crippen LogP contribution in [0.2, 0.25) is 0 Å². The molecule has 1 aromatic carbocycles. The van der Waals surface area contributed by atoms with E-state index >= 15 is 0 Å². The minimum atomic E-state index is 0.702. The van der Waals surface area contributed by atoms with Crippen LogP contribution in [0.25, 0.3) is 0 Å². The zero-order chi connectivity index (χ0) is 15.2. The van der Waals surface area contributed by atoms with E-state index in [9.17, 15) is 0 Å². The van der Waals surface area contributed by atoms with Crippen molar-refractivity contribution in [1.82, 2.24) is 10.2 Å². The van der Waals surface area contributed by atoms with Gasteiger partial charge in [-0.05, 0) is 49.5 Å². The van der Waals surface area contributed by atoms with Crippen molar-refractivity contribution in [2.45, 2.75) is 58.7 Å². The molecule has 2 rings (SSSR count). The summed E-state index contributed by atoms with van der Waals surface area (Å²) in [6.07, 6.45) is 5.53. The topological polar surface area (TPSA) is 15.3 Å². The predicted molar refractivity (Wildman–Crippen MR) is 94.4 cm³/mol. The van der Waals surface area contributed by atoms with Gasteiger partial charge in [-0.15, -0.1) is 0 Å². The molecule has 0 spiro atoms. The van der Waals surface area contributed by atoms with Crippen molar-refractivity contribution in [3.63, 3.8) is 0 Å². The maximum absolute atomic E-state index is 3.75. The Bertz CT molecular complexity index is 439. The third kappa shape index (κ3) is 5.39. The summed E-state index contributed by atoms with van der Waals surface area (Å²) < 4.78 is 1.25. The molecule has 1 aromatic rings. The molecule has 3 heteroatoms. The van der Waals surface area contributed by atoms with E-state index in [0.29, 0.717) is 5.92 Å². The van der Waals surface area contributed by atoms with Crippen molar-refractivity contribution in [3.05, 3.63) is 33.8 Å². The maximum atomic E-state index is 3.75. The molecule has 21 heavy (non-hydrogen) atoms. The first kappa shape index (κ1) is 17.0. The fourth-order valence-electron chi connectivity index (χ4n) is 3.08. The molecule has 0 atom stereocenters. The minimum absolute atomic E-state index is 0.702. The molecule has 1 N–H and O–H groups in total. The Balaban J connectivity index is 1.89. The third-order valence-electron chi connectivity index (χ3n) is 4.37. The van der Waals surface area contributed by atoms with Crippen molar-refractivity contribution in [2.24, 2.45) is 5.92 Å². The largest absolute Gasteiger partial charge is 0.312 e. The SMILES string of the molecule is CC(C)CNCc1ccc(CN(C)C2CCCC2)c(Br)c1. The van der Waals surface area contributed by atoms with Crippen LogP contribution in [0.4, 0.5) is 0 Å². The van der Waals surface area contributed by atoms with E-state index in [-0.39, 0.29) is 0 Å². The van der Waals surface area contributed by atoms with Crippen LogP contribution in [0.15, 0.2) is 22.7 Å². The molecule has 0 aliphatic heterocycles. The van der Waals surface area contributed by atoms with E-state index in [2.05, 4.69) is 65.2 Å². The molecule has 0 bridgehead atoms. The van der Waals surface area contributed by atoms with Crippen molar-refractivity contribution >= 4 is 15.9 Å². The summed E-state index contributed by atoms with van der Waals surface area (Å²) in [6, 6.07) is 7.59. The lowest BCUT2D eigenvalue weighted by molar-refractivity contribution is 0.237. The summed E-state index contributed by atoms with van der Waals surface area (Å²) in [5.41, 5.74) is 2.76. The Hall–Kier alpha value is -0.380. The lowest BCUT2D eigenvalue weighted by atomic mass is 10.1. The Morgan fingerprint density at radius 3 is 2.62 bits per heavy atom. The summed E-state index contributed by atoms with van der Waals surface area (Å²) in [4.78, 5) is 2.52. The highest BCUT2D eigenvalue weighted by molar-refractivity contribution is 9.10. The molecule has 0 amide bonds. The summed E-state index contributed by atoms with van der Waals surface area (Å²) >= 11 is 3.75. The molecule has 118 valence electrons. The fraction of sp³-hybridized carbons (Fsp3) is 0.667. The highest BCUT2D eigenvalue weighted by Gasteiger charge is 2.19. The number of hydrogen-bond donors (Lipinski definition) is 1. The van der Waals surface area contributed by atoms with Crippen LogP contribution in [0.1, 0.15) is 50.7 Å². The van der Waals surface area contributed by atoms with Crippen LogP contribution in [-0.4, -0.2) is 24.5 Å². The van der Waals surface area contributed by atoms with E-state index in [1.165, 1.54) is 41.3 Å². The summed E-state index contributed by atoms with van der Waals surface area (Å²) in [5, 5.41) is 3.50. The molecule has 2 nitrogen and oxygen atoms in total. The Labute approximate surface area is 138 Å². The highest BCUT2D eigenvalue weighted by atomic mass is 79.9. The Morgan fingerprint density at radius 1 is 1.29 bits per heavy atom. The maximum Gasteiger partial charge on any atom is 0.0244 e. The molecule has 0 aromatic heterocycles. The number of rotatable bonds is 7. The zero-order valence-electron chi connectivity index (χ0n) is 13.7. The van der Waals surface area contributed by atoms with Gasteiger partial charge in [0.25, 0.3) is 0 Å². The smallest absolute Gasteiger partial charge is 0.0244 e. The lowest BCUT2D eigenvalue weighted by Gasteiger charge is -2.24. The number of nitrogens with zero attached hydrogens (tertiary/aromatic N) is 1. The van der Waals surface area contributed by atoms with Crippen LogP contribution in [0.5, 0.6) is 0 Å². The highest BCUT2D eigenvalue weighted by Crippen LogP contribution is 2.26. The molecule has 0 saturated heterocycles. The van der Waals surface area contributed by atoms with E-state index in [4.69, 9.17) is 0 Å². The molecule has 1 aliphatic rings. The predicted octanol–water partition coefficient (Wildman–Crippen LogP) is 4.57. The second kappa shape index (κ2) is 8.30. The molecule has 1 aliphatic carbocycles. The normalized spacial score (nSPS) is 16.3. The molecule has 1 saturated carbocycles. The number of halogens is 1. The average Bonchev–Trinajstić information content (AvgIpc) is 2.95.